The van der Waals surface area contributed by atoms with E-state index in [0.29, 0.717) is 27.0 Å². The Morgan fingerprint density at radius 3 is 2.44 bits per heavy atom. The summed E-state index contributed by atoms with van der Waals surface area (Å²) in [5.74, 6) is -0.682. The fourth-order valence-corrected chi connectivity index (χ4v) is 4.40. The predicted octanol–water partition coefficient (Wildman–Crippen LogP) is 4.44. The molecule has 2 amide bonds. The Bertz CT molecular complexity index is 886. The first kappa shape index (κ1) is 16.6. The minimum Gasteiger partial charge on any atom is -0.366 e. The van der Waals surface area contributed by atoms with Gasteiger partial charge in [0.15, 0.2) is 0 Å². The second-order valence-electron chi connectivity index (χ2n) is 5.94. The first-order valence-electron chi connectivity index (χ1n) is 7.95. The first-order chi connectivity index (χ1) is 12.1. The molecule has 0 aliphatic carbocycles. The van der Waals surface area contributed by atoms with Crippen molar-refractivity contribution in [2.75, 3.05) is 18.0 Å². The minimum atomic E-state index is -0.349. The number of thiophene rings is 1. The van der Waals surface area contributed by atoms with Crippen molar-refractivity contribution in [3.8, 4) is 0 Å². The highest BCUT2D eigenvalue weighted by Crippen LogP contribution is 2.40. The number of hydrogen-bond donors (Lipinski definition) is 0. The molecule has 1 aromatic carbocycles. The molecule has 128 valence electrons. The van der Waals surface area contributed by atoms with Crippen LogP contribution >= 0.6 is 34.5 Å². The van der Waals surface area contributed by atoms with Crippen molar-refractivity contribution in [3.05, 3.63) is 56.3 Å². The van der Waals surface area contributed by atoms with Gasteiger partial charge >= 0.3 is 0 Å². The van der Waals surface area contributed by atoms with Gasteiger partial charge in [0.25, 0.3) is 11.8 Å². The van der Waals surface area contributed by atoms with Crippen molar-refractivity contribution in [2.45, 2.75) is 12.8 Å². The van der Waals surface area contributed by atoms with Crippen LogP contribution in [-0.2, 0) is 9.59 Å². The Morgan fingerprint density at radius 1 is 1.00 bits per heavy atom. The zero-order chi connectivity index (χ0) is 17.6. The maximum absolute atomic E-state index is 13.2. The molecule has 0 bridgehead atoms. The second-order valence-corrected chi connectivity index (χ2v) is 7.73. The summed E-state index contributed by atoms with van der Waals surface area (Å²) in [6.45, 7) is 1.56. The van der Waals surface area contributed by atoms with E-state index in [1.165, 1.54) is 11.3 Å². The Balaban J connectivity index is 1.85. The van der Waals surface area contributed by atoms with Crippen LogP contribution in [0.4, 0.5) is 5.69 Å². The maximum Gasteiger partial charge on any atom is 0.282 e. The third-order valence-corrected chi connectivity index (χ3v) is 5.84. The Hall–Kier alpha value is -1.82. The van der Waals surface area contributed by atoms with Crippen LogP contribution in [0, 0.1) is 0 Å². The van der Waals surface area contributed by atoms with Gasteiger partial charge in [0.2, 0.25) is 0 Å². The normalized spacial score (nSPS) is 18.0. The molecular formula is C18H14Cl2N2O2S. The van der Waals surface area contributed by atoms with Gasteiger partial charge in [0.1, 0.15) is 5.70 Å². The van der Waals surface area contributed by atoms with E-state index < -0.39 is 0 Å². The van der Waals surface area contributed by atoms with E-state index in [-0.39, 0.29) is 11.8 Å². The lowest BCUT2D eigenvalue weighted by atomic mass is 10.2. The lowest BCUT2D eigenvalue weighted by Gasteiger charge is -2.20. The van der Waals surface area contributed by atoms with Gasteiger partial charge in [-0.2, -0.15) is 0 Å². The molecule has 4 nitrogen and oxygen atoms in total. The number of likely N-dealkylation sites (tertiary alicyclic amines) is 1. The molecule has 7 heteroatoms. The van der Waals surface area contributed by atoms with Crippen LogP contribution < -0.4 is 4.90 Å². The molecule has 1 aromatic heterocycles. The average molecular weight is 393 g/mol. The summed E-state index contributed by atoms with van der Waals surface area (Å²) < 4.78 is 0. The molecule has 1 fully saturated rings. The fraction of sp³-hybridized carbons (Fsp3) is 0.222. The molecule has 2 aliphatic heterocycles. The van der Waals surface area contributed by atoms with Crippen molar-refractivity contribution in [2.24, 2.45) is 0 Å². The van der Waals surface area contributed by atoms with Gasteiger partial charge < -0.3 is 4.90 Å². The zero-order valence-corrected chi connectivity index (χ0v) is 15.5. The molecule has 1 saturated heterocycles. The molecule has 3 heterocycles. The van der Waals surface area contributed by atoms with Crippen molar-refractivity contribution in [3.63, 3.8) is 0 Å². The Labute approximate surface area is 159 Å². The molecule has 0 N–H and O–H groups in total. The highest BCUT2D eigenvalue weighted by molar-refractivity contribution is 7.11. The minimum absolute atomic E-state index is 0.319. The molecule has 0 radical (unpaired) electrons. The van der Waals surface area contributed by atoms with Crippen LogP contribution in [0.15, 0.2) is 41.4 Å². The number of nitrogens with zero attached hydrogens (tertiary/aromatic N) is 2. The lowest BCUT2D eigenvalue weighted by molar-refractivity contribution is -0.120. The highest BCUT2D eigenvalue weighted by Gasteiger charge is 2.44. The monoisotopic (exact) mass is 392 g/mol. The Kier molecular flexibility index (Phi) is 4.31. The molecule has 0 unspecified atom stereocenters. The number of rotatable bonds is 3. The molecule has 0 spiro atoms. The first-order valence-corrected chi connectivity index (χ1v) is 9.58. The Morgan fingerprint density at radius 2 is 1.76 bits per heavy atom. The fourth-order valence-electron chi connectivity index (χ4n) is 3.27. The summed E-state index contributed by atoms with van der Waals surface area (Å²) in [6.07, 6.45) is 2.03. The van der Waals surface area contributed by atoms with E-state index in [2.05, 4.69) is 0 Å². The van der Waals surface area contributed by atoms with Gasteiger partial charge in [-0.1, -0.05) is 29.3 Å². The van der Waals surface area contributed by atoms with Crippen LogP contribution in [0.3, 0.4) is 0 Å². The van der Waals surface area contributed by atoms with Gasteiger partial charge in [-0.3, -0.25) is 9.59 Å². The largest absolute Gasteiger partial charge is 0.366 e. The van der Waals surface area contributed by atoms with Gasteiger partial charge in [-0.15, -0.1) is 11.3 Å². The summed E-state index contributed by atoms with van der Waals surface area (Å²) in [4.78, 5) is 30.3. The molecule has 0 atom stereocenters. The zero-order valence-electron chi connectivity index (χ0n) is 13.2. The van der Waals surface area contributed by atoms with E-state index in [1.54, 1.807) is 18.2 Å². The number of amides is 2. The topological polar surface area (TPSA) is 40.6 Å². The smallest absolute Gasteiger partial charge is 0.282 e. The van der Waals surface area contributed by atoms with E-state index in [9.17, 15) is 9.59 Å². The maximum atomic E-state index is 13.2. The van der Waals surface area contributed by atoms with E-state index in [0.717, 1.165) is 35.7 Å². The number of benzene rings is 1. The van der Waals surface area contributed by atoms with Crippen molar-refractivity contribution < 1.29 is 9.59 Å². The number of hydrogen-bond acceptors (Lipinski definition) is 4. The highest BCUT2D eigenvalue weighted by atomic mass is 35.5. The van der Waals surface area contributed by atoms with Gasteiger partial charge in [-0.05, 0) is 42.5 Å². The van der Waals surface area contributed by atoms with Crippen LogP contribution in [0.2, 0.25) is 10.0 Å². The van der Waals surface area contributed by atoms with Crippen LogP contribution in [-0.4, -0.2) is 29.8 Å². The summed E-state index contributed by atoms with van der Waals surface area (Å²) in [7, 11) is 0. The quantitative estimate of drug-likeness (QED) is 0.725. The summed E-state index contributed by atoms with van der Waals surface area (Å²) >= 11 is 13.8. The predicted molar refractivity (Wildman–Crippen MR) is 101 cm³/mol. The number of halogens is 2. The van der Waals surface area contributed by atoms with Crippen molar-refractivity contribution in [1.29, 1.82) is 0 Å². The second kappa shape index (κ2) is 6.48. The van der Waals surface area contributed by atoms with E-state index in [4.69, 9.17) is 23.2 Å². The molecule has 4 rings (SSSR count). The molecule has 2 aromatic rings. The third kappa shape index (κ3) is 2.76. The molecule has 0 saturated carbocycles. The van der Waals surface area contributed by atoms with E-state index >= 15 is 0 Å². The number of imide groups is 1. The van der Waals surface area contributed by atoms with Crippen LogP contribution in [0.25, 0.3) is 5.57 Å². The standard InChI is InChI=1S/C18H14Cl2N2O2S/c19-11-5-6-12(20)13(10-11)22-17(23)15(14-4-3-9-25-14)16(18(22)24)21-7-1-2-8-21/h3-6,9-10H,1-2,7-8H2. The van der Waals surface area contributed by atoms with Gasteiger partial charge in [-0.25, -0.2) is 4.90 Å². The van der Waals surface area contributed by atoms with Crippen LogP contribution in [0.1, 0.15) is 17.7 Å². The molecule has 25 heavy (non-hydrogen) atoms. The average Bonchev–Trinajstić information content (AvgIpc) is 3.31. The molecule has 2 aliphatic rings. The third-order valence-electron chi connectivity index (χ3n) is 4.40. The SMILES string of the molecule is O=C1C(c2cccs2)=C(N2CCCC2)C(=O)N1c1cc(Cl)ccc1Cl. The van der Waals surface area contributed by atoms with Crippen molar-refractivity contribution >= 4 is 57.6 Å². The van der Waals surface area contributed by atoms with E-state index in [1.807, 2.05) is 22.4 Å². The van der Waals surface area contributed by atoms with Crippen molar-refractivity contribution in [1.82, 2.24) is 4.90 Å². The summed E-state index contributed by atoms with van der Waals surface area (Å²) in [6, 6.07) is 8.52. The number of anilines is 1. The summed E-state index contributed by atoms with van der Waals surface area (Å²) in [5.41, 5.74) is 1.26. The summed E-state index contributed by atoms with van der Waals surface area (Å²) in [5, 5.41) is 2.64. The van der Waals surface area contributed by atoms with Gasteiger partial charge in [0.05, 0.1) is 16.3 Å². The number of carbonyl (C=O) groups excluding carboxylic acids is 2. The van der Waals surface area contributed by atoms with Crippen LogP contribution in [0.5, 0.6) is 0 Å². The lowest BCUT2D eigenvalue weighted by Crippen LogP contribution is -2.34. The van der Waals surface area contributed by atoms with Gasteiger partial charge in [0, 0.05) is 23.0 Å². The molecular weight excluding hydrogens is 379 g/mol. The number of carbonyl (C=O) groups is 2.